The predicted molar refractivity (Wildman–Crippen MR) is 140 cm³/mol. The molecule has 1 saturated carbocycles. The number of nitrogens with two attached hydrogens (primary N) is 1. The topological polar surface area (TPSA) is 121 Å². The van der Waals surface area contributed by atoms with Crippen molar-refractivity contribution in [3.8, 4) is 29.0 Å². The molecule has 0 bridgehead atoms. The number of rotatable bonds is 7. The van der Waals surface area contributed by atoms with Crippen LogP contribution in [0, 0.1) is 17.7 Å². The van der Waals surface area contributed by atoms with Crippen LogP contribution >= 0.6 is 0 Å². The van der Waals surface area contributed by atoms with Gasteiger partial charge in [-0.1, -0.05) is 0 Å². The number of carbonyl (C=O) groups is 1. The van der Waals surface area contributed by atoms with Gasteiger partial charge in [0.2, 0.25) is 11.8 Å². The molecule has 39 heavy (non-hydrogen) atoms. The van der Waals surface area contributed by atoms with Crippen molar-refractivity contribution in [2.45, 2.75) is 25.5 Å². The minimum atomic E-state index is -0.618. The van der Waals surface area contributed by atoms with Crippen LogP contribution in [-0.4, -0.2) is 61.8 Å². The van der Waals surface area contributed by atoms with Gasteiger partial charge in [0.05, 0.1) is 19.0 Å². The lowest BCUT2D eigenvalue weighted by atomic mass is 9.95. The van der Waals surface area contributed by atoms with E-state index in [4.69, 9.17) is 20.2 Å². The summed E-state index contributed by atoms with van der Waals surface area (Å²) < 4.78 is 26.6. The third kappa shape index (κ3) is 4.81. The third-order valence-electron chi connectivity index (χ3n) is 7.21. The number of pyridine rings is 1. The second-order valence-corrected chi connectivity index (χ2v) is 10.5. The number of hydrogen-bond donors (Lipinski definition) is 1. The molecule has 0 unspecified atom stereocenters. The van der Waals surface area contributed by atoms with E-state index in [9.17, 15) is 9.18 Å². The molecule has 0 radical (unpaired) electrons. The lowest BCUT2D eigenvalue weighted by Crippen LogP contribution is -2.33. The molecule has 1 aliphatic heterocycles. The fraction of sp³-hybridized carbons (Fsp3) is 0.321. The van der Waals surface area contributed by atoms with E-state index in [2.05, 4.69) is 15.1 Å². The molecule has 1 aromatic carbocycles. The Morgan fingerprint density at radius 1 is 1.10 bits per heavy atom. The van der Waals surface area contributed by atoms with Gasteiger partial charge < -0.3 is 20.1 Å². The molecule has 11 heteroatoms. The quantitative estimate of drug-likeness (QED) is 0.387. The minimum absolute atomic E-state index is 0.0545. The first kappa shape index (κ1) is 24.9. The number of methoxy groups -OCH3 is 1. The normalized spacial score (nSPS) is 20.0. The fourth-order valence-corrected chi connectivity index (χ4v) is 5.00. The van der Waals surface area contributed by atoms with Gasteiger partial charge in [-0.25, -0.2) is 24.0 Å². The minimum Gasteiger partial charge on any atom is -0.479 e. The Hall–Kier alpha value is -4.38. The van der Waals surface area contributed by atoms with Gasteiger partial charge in [-0.15, -0.1) is 5.10 Å². The summed E-state index contributed by atoms with van der Waals surface area (Å²) in [4.78, 5) is 28.2. The molecule has 10 nitrogen and oxygen atoms in total. The van der Waals surface area contributed by atoms with Crippen molar-refractivity contribution in [1.82, 2.24) is 29.6 Å². The number of carbonyl (C=O) groups excluding carboxylic acids is 1. The molecule has 2 N–H and O–H groups in total. The zero-order chi connectivity index (χ0) is 27.3. The fourth-order valence-electron chi connectivity index (χ4n) is 5.00. The van der Waals surface area contributed by atoms with Gasteiger partial charge in [-0.2, -0.15) is 0 Å². The van der Waals surface area contributed by atoms with Crippen molar-refractivity contribution in [3.05, 3.63) is 78.0 Å². The van der Waals surface area contributed by atoms with E-state index >= 15 is 0 Å². The van der Waals surface area contributed by atoms with Crippen LogP contribution in [0.25, 0.3) is 17.2 Å². The summed E-state index contributed by atoms with van der Waals surface area (Å²) in [5.41, 5.74) is 8.43. The number of aromatic nitrogens is 5. The van der Waals surface area contributed by atoms with Crippen LogP contribution < -0.4 is 15.2 Å². The second kappa shape index (κ2) is 9.42. The molecule has 3 atom stereocenters. The Kier molecular flexibility index (Phi) is 6.02. The maximum absolute atomic E-state index is 13.5. The number of likely N-dealkylation sites (tertiary alicyclic amines) is 1. The van der Waals surface area contributed by atoms with Crippen LogP contribution in [0.1, 0.15) is 29.8 Å². The molecule has 0 spiro atoms. The Bertz CT molecular complexity index is 1510. The molecule has 1 amide bonds. The highest BCUT2D eigenvalue weighted by Gasteiger charge is 2.59. The number of nitrogens with zero attached hydrogens (tertiary/aromatic N) is 6. The average molecular weight is 530 g/mol. The lowest BCUT2D eigenvalue weighted by molar-refractivity contribution is 0.0748. The highest BCUT2D eigenvalue weighted by Crippen LogP contribution is 2.48. The van der Waals surface area contributed by atoms with E-state index in [0.29, 0.717) is 36.2 Å². The van der Waals surface area contributed by atoms with E-state index < -0.39 is 5.54 Å². The molecule has 2 fully saturated rings. The third-order valence-corrected chi connectivity index (χ3v) is 7.21. The number of benzene rings is 1. The molecule has 1 aliphatic carbocycles. The van der Waals surface area contributed by atoms with Gasteiger partial charge in [0.15, 0.2) is 0 Å². The van der Waals surface area contributed by atoms with Gasteiger partial charge in [0.25, 0.3) is 11.9 Å². The van der Waals surface area contributed by atoms with Crippen LogP contribution in [0.15, 0.2) is 61.1 Å². The summed E-state index contributed by atoms with van der Waals surface area (Å²) in [5, 5.41) is 4.32. The Morgan fingerprint density at radius 3 is 2.44 bits per heavy atom. The predicted octanol–water partition coefficient (Wildman–Crippen LogP) is 3.22. The van der Waals surface area contributed by atoms with Crippen molar-refractivity contribution in [2.24, 2.45) is 17.6 Å². The van der Waals surface area contributed by atoms with Gasteiger partial charge in [0, 0.05) is 54.5 Å². The number of amides is 1. The molecular formula is C28H28FN7O3. The maximum Gasteiger partial charge on any atom is 0.261 e. The lowest BCUT2D eigenvalue weighted by Gasteiger charge is -2.22. The van der Waals surface area contributed by atoms with Crippen molar-refractivity contribution < 1.29 is 18.7 Å². The highest BCUT2D eigenvalue weighted by molar-refractivity contribution is 5.96. The van der Waals surface area contributed by atoms with Crippen molar-refractivity contribution in [2.75, 3.05) is 20.2 Å². The molecule has 2 aliphatic rings. The molecule has 1 saturated heterocycles. The van der Waals surface area contributed by atoms with Crippen molar-refractivity contribution in [1.29, 1.82) is 0 Å². The van der Waals surface area contributed by atoms with Crippen LogP contribution in [0.3, 0.4) is 0 Å². The molecule has 4 aromatic rings. The first-order chi connectivity index (χ1) is 18.7. The van der Waals surface area contributed by atoms with E-state index in [1.165, 1.54) is 23.9 Å². The largest absolute Gasteiger partial charge is 0.479 e. The van der Waals surface area contributed by atoms with Crippen LogP contribution in [0.2, 0.25) is 0 Å². The molecule has 4 heterocycles. The van der Waals surface area contributed by atoms with E-state index in [-0.39, 0.29) is 35.5 Å². The summed E-state index contributed by atoms with van der Waals surface area (Å²) in [5.74, 6) is 0.949. The van der Waals surface area contributed by atoms with Gasteiger partial charge in [-0.3, -0.25) is 4.79 Å². The average Bonchev–Trinajstić information content (AvgIpc) is 3.28. The SMILES string of the molecule is COc1nn(-c2ncccn2)cc1C(=O)N1C[C@@H]2[C@H](C1)[C@@H]2Oc1cc(C(C)(C)N)cc(-c2ccc(F)cc2)n1. The van der Waals surface area contributed by atoms with E-state index in [1.54, 1.807) is 41.7 Å². The molecular weight excluding hydrogens is 501 g/mol. The van der Waals surface area contributed by atoms with Crippen LogP contribution in [0.5, 0.6) is 11.8 Å². The Labute approximate surface area is 224 Å². The first-order valence-electron chi connectivity index (χ1n) is 12.7. The number of piperidine rings is 1. The van der Waals surface area contributed by atoms with Gasteiger partial charge in [0.1, 0.15) is 17.5 Å². The van der Waals surface area contributed by atoms with Crippen molar-refractivity contribution in [3.63, 3.8) is 0 Å². The first-order valence-corrected chi connectivity index (χ1v) is 12.7. The number of halogens is 1. The second-order valence-electron chi connectivity index (χ2n) is 10.5. The highest BCUT2D eigenvalue weighted by atomic mass is 19.1. The van der Waals surface area contributed by atoms with E-state index in [1.807, 2.05) is 26.0 Å². The Balaban J connectivity index is 1.17. The summed E-state index contributed by atoms with van der Waals surface area (Å²) in [6, 6.07) is 11.6. The zero-order valence-electron chi connectivity index (χ0n) is 21.8. The number of fused-ring (bicyclic) bond motifs is 1. The summed E-state index contributed by atoms with van der Waals surface area (Å²) in [6.45, 7) is 4.93. The van der Waals surface area contributed by atoms with Crippen molar-refractivity contribution >= 4 is 5.91 Å². The smallest absolute Gasteiger partial charge is 0.261 e. The van der Waals surface area contributed by atoms with E-state index in [0.717, 1.165) is 11.1 Å². The van der Waals surface area contributed by atoms with Gasteiger partial charge in [-0.05, 0) is 55.8 Å². The molecule has 200 valence electrons. The summed E-state index contributed by atoms with van der Waals surface area (Å²) in [6.07, 6.45) is 4.75. The van der Waals surface area contributed by atoms with Crippen LogP contribution in [-0.2, 0) is 5.54 Å². The zero-order valence-corrected chi connectivity index (χ0v) is 21.8. The summed E-state index contributed by atoms with van der Waals surface area (Å²) >= 11 is 0. The monoisotopic (exact) mass is 529 g/mol. The Morgan fingerprint density at radius 2 is 1.79 bits per heavy atom. The number of hydrogen-bond acceptors (Lipinski definition) is 8. The maximum atomic E-state index is 13.5. The standard InChI is InChI=1S/C28H28FN7O3/c1-28(2,30)17-11-22(16-5-7-18(29)8-6-16)33-23(12-17)39-24-19-13-35(14-20(19)24)26(37)21-15-36(34-25(21)38-3)27-31-9-4-10-32-27/h4-12,15,19-20,24H,13-14,30H2,1-3H3/t19-,20+,24-. The van der Waals surface area contributed by atoms with Gasteiger partial charge >= 0.3 is 0 Å². The molecule has 3 aromatic heterocycles. The molecule has 6 rings (SSSR count). The number of ether oxygens (including phenoxy) is 2. The van der Waals surface area contributed by atoms with Crippen LogP contribution in [0.4, 0.5) is 4.39 Å². The summed E-state index contributed by atoms with van der Waals surface area (Å²) in [7, 11) is 1.48.